The smallest absolute Gasteiger partial charge is 0.120 e. The van der Waals surface area contributed by atoms with E-state index < -0.39 is 0 Å². The molecule has 1 aromatic rings. The van der Waals surface area contributed by atoms with E-state index in [0.29, 0.717) is 5.75 Å². The Labute approximate surface area is 64.0 Å². The van der Waals surface area contributed by atoms with E-state index in [-0.39, 0.29) is 10.8 Å². The Morgan fingerprint density at radius 3 is 2.70 bits per heavy atom. The second kappa shape index (κ2) is 2.80. The predicted octanol–water partition coefficient (Wildman–Crippen LogP) is 1.42. The molecule has 0 heterocycles. The number of halogens is 1. The zero-order valence-corrected chi connectivity index (χ0v) is 6.18. The molecule has 1 aromatic carbocycles. The first kappa shape index (κ1) is 7.22. The summed E-state index contributed by atoms with van der Waals surface area (Å²) >= 11 is 5.50. The Bertz CT molecular complexity index is 235. The Balaban J connectivity index is 3.04. The van der Waals surface area contributed by atoms with Gasteiger partial charge < -0.3 is 9.84 Å². The molecular formula is C7H6ClO2-. The van der Waals surface area contributed by atoms with Crippen molar-refractivity contribution in [2.45, 2.75) is 0 Å². The highest BCUT2D eigenvalue weighted by Gasteiger charge is 1.91. The molecule has 54 valence electrons. The van der Waals surface area contributed by atoms with Crippen molar-refractivity contribution in [2.75, 3.05) is 7.11 Å². The molecule has 0 atom stereocenters. The van der Waals surface area contributed by atoms with Gasteiger partial charge in [-0.15, -0.1) is 0 Å². The third-order valence-electron chi connectivity index (χ3n) is 1.14. The van der Waals surface area contributed by atoms with Crippen LogP contribution in [0.3, 0.4) is 0 Å². The summed E-state index contributed by atoms with van der Waals surface area (Å²) in [5.41, 5.74) is 0. The molecule has 3 heteroatoms. The van der Waals surface area contributed by atoms with Gasteiger partial charge in [0, 0.05) is 5.02 Å². The molecule has 0 bridgehead atoms. The predicted molar refractivity (Wildman–Crippen MR) is 37.5 cm³/mol. The molecule has 0 aromatic heterocycles. The van der Waals surface area contributed by atoms with Crippen molar-refractivity contribution in [3.8, 4) is 11.5 Å². The normalized spacial score (nSPS) is 9.40. The van der Waals surface area contributed by atoms with Crippen molar-refractivity contribution in [3.63, 3.8) is 0 Å². The average Bonchev–Trinajstić information content (AvgIpc) is 1.95. The molecule has 0 unspecified atom stereocenters. The molecule has 2 nitrogen and oxygen atoms in total. The van der Waals surface area contributed by atoms with Crippen molar-refractivity contribution < 1.29 is 9.84 Å². The van der Waals surface area contributed by atoms with Gasteiger partial charge in [0.1, 0.15) is 5.75 Å². The molecule has 0 aliphatic carbocycles. The van der Waals surface area contributed by atoms with Crippen LogP contribution >= 0.6 is 11.6 Å². The van der Waals surface area contributed by atoms with Crippen LogP contribution in [0.1, 0.15) is 0 Å². The lowest BCUT2D eigenvalue weighted by atomic mass is 10.3. The maximum Gasteiger partial charge on any atom is 0.120 e. The molecular weight excluding hydrogens is 152 g/mol. The first-order valence-electron chi connectivity index (χ1n) is 2.74. The molecule has 0 saturated carbocycles. The minimum absolute atomic E-state index is 0.178. The van der Waals surface area contributed by atoms with E-state index in [9.17, 15) is 5.11 Å². The highest BCUT2D eigenvalue weighted by Crippen LogP contribution is 2.24. The van der Waals surface area contributed by atoms with Crippen molar-refractivity contribution in [2.24, 2.45) is 0 Å². The minimum atomic E-state index is -0.178. The largest absolute Gasteiger partial charge is 0.871 e. The van der Waals surface area contributed by atoms with Gasteiger partial charge in [0.2, 0.25) is 0 Å². The Morgan fingerprint density at radius 1 is 1.50 bits per heavy atom. The zero-order chi connectivity index (χ0) is 7.56. The van der Waals surface area contributed by atoms with Gasteiger partial charge in [-0.25, -0.2) is 0 Å². The van der Waals surface area contributed by atoms with Gasteiger partial charge in [0.05, 0.1) is 7.11 Å². The van der Waals surface area contributed by atoms with Crippen molar-refractivity contribution in [1.29, 1.82) is 0 Å². The quantitative estimate of drug-likeness (QED) is 0.618. The summed E-state index contributed by atoms with van der Waals surface area (Å²) in [6, 6.07) is 4.44. The van der Waals surface area contributed by atoms with Gasteiger partial charge in [0.15, 0.2) is 0 Å². The molecule has 0 spiro atoms. The van der Waals surface area contributed by atoms with Gasteiger partial charge in [-0.1, -0.05) is 23.4 Å². The first-order chi connectivity index (χ1) is 4.74. The van der Waals surface area contributed by atoms with Gasteiger partial charge in [-0.2, -0.15) is 0 Å². The summed E-state index contributed by atoms with van der Waals surface area (Å²) in [6.45, 7) is 0. The molecule has 0 aliphatic rings. The first-order valence-corrected chi connectivity index (χ1v) is 3.12. The van der Waals surface area contributed by atoms with E-state index in [1.807, 2.05) is 0 Å². The topological polar surface area (TPSA) is 32.3 Å². The van der Waals surface area contributed by atoms with Gasteiger partial charge in [-0.3, -0.25) is 0 Å². The van der Waals surface area contributed by atoms with Crippen LogP contribution in [-0.4, -0.2) is 7.11 Å². The fourth-order valence-electron chi connectivity index (χ4n) is 0.609. The molecule has 0 N–H and O–H groups in total. The van der Waals surface area contributed by atoms with E-state index in [2.05, 4.69) is 0 Å². The van der Waals surface area contributed by atoms with Crippen LogP contribution in [0.15, 0.2) is 18.2 Å². The number of benzene rings is 1. The Kier molecular flexibility index (Phi) is 2.02. The summed E-state index contributed by atoms with van der Waals surface area (Å²) in [5, 5.41) is 10.9. The molecule has 0 radical (unpaired) electrons. The fraction of sp³-hybridized carbons (Fsp3) is 0.143. The summed E-state index contributed by atoms with van der Waals surface area (Å²) in [4.78, 5) is 0. The Hall–Kier alpha value is -0.890. The molecule has 0 amide bonds. The standard InChI is InChI=1S/C7H7ClO2/c1-10-5-2-3-7(9)6(8)4-5/h2-4,9H,1H3/p-1. The van der Waals surface area contributed by atoms with Crippen molar-refractivity contribution in [1.82, 2.24) is 0 Å². The van der Waals surface area contributed by atoms with Crippen LogP contribution in [0.25, 0.3) is 0 Å². The summed E-state index contributed by atoms with van der Waals surface area (Å²) in [6.07, 6.45) is 0. The van der Waals surface area contributed by atoms with Crippen LogP contribution in [-0.2, 0) is 0 Å². The lowest BCUT2D eigenvalue weighted by molar-refractivity contribution is -0.268. The van der Waals surface area contributed by atoms with Crippen LogP contribution in [0.2, 0.25) is 5.02 Å². The van der Waals surface area contributed by atoms with Crippen molar-refractivity contribution >= 4 is 11.6 Å². The molecule has 10 heavy (non-hydrogen) atoms. The monoisotopic (exact) mass is 157 g/mol. The third-order valence-corrected chi connectivity index (χ3v) is 1.43. The fourth-order valence-corrected chi connectivity index (χ4v) is 0.779. The second-order valence-electron chi connectivity index (χ2n) is 1.80. The average molecular weight is 158 g/mol. The highest BCUT2D eigenvalue weighted by atomic mass is 35.5. The van der Waals surface area contributed by atoms with Crippen LogP contribution < -0.4 is 9.84 Å². The maximum atomic E-state index is 10.7. The van der Waals surface area contributed by atoms with Gasteiger partial charge >= 0.3 is 0 Å². The van der Waals surface area contributed by atoms with Crippen LogP contribution in [0, 0.1) is 0 Å². The zero-order valence-electron chi connectivity index (χ0n) is 5.43. The SMILES string of the molecule is COc1ccc([O-])c(Cl)c1. The van der Waals surface area contributed by atoms with E-state index in [1.54, 1.807) is 6.07 Å². The summed E-state index contributed by atoms with van der Waals surface area (Å²) in [5.74, 6) is 0.423. The highest BCUT2D eigenvalue weighted by molar-refractivity contribution is 6.32. The maximum absolute atomic E-state index is 10.7. The summed E-state index contributed by atoms with van der Waals surface area (Å²) in [7, 11) is 1.52. The summed E-state index contributed by atoms with van der Waals surface area (Å²) < 4.78 is 4.83. The molecule has 0 saturated heterocycles. The van der Waals surface area contributed by atoms with Gasteiger partial charge in [-0.05, 0) is 12.1 Å². The third kappa shape index (κ3) is 1.33. The minimum Gasteiger partial charge on any atom is -0.871 e. The Morgan fingerprint density at radius 2 is 2.20 bits per heavy atom. The number of hydrogen-bond acceptors (Lipinski definition) is 2. The van der Waals surface area contributed by atoms with E-state index >= 15 is 0 Å². The number of methoxy groups -OCH3 is 1. The number of rotatable bonds is 1. The van der Waals surface area contributed by atoms with Crippen LogP contribution in [0.4, 0.5) is 0 Å². The molecule has 0 aliphatic heterocycles. The molecule has 1 rings (SSSR count). The van der Waals surface area contributed by atoms with Crippen LogP contribution in [0.5, 0.6) is 11.5 Å². The lowest BCUT2D eigenvalue weighted by Crippen LogP contribution is -1.90. The second-order valence-corrected chi connectivity index (χ2v) is 2.20. The number of hydrogen-bond donors (Lipinski definition) is 0. The lowest BCUT2D eigenvalue weighted by Gasteiger charge is -2.08. The molecule has 0 fully saturated rings. The van der Waals surface area contributed by atoms with Crippen molar-refractivity contribution in [3.05, 3.63) is 23.2 Å². The van der Waals surface area contributed by atoms with E-state index in [4.69, 9.17) is 16.3 Å². The van der Waals surface area contributed by atoms with Gasteiger partial charge in [0.25, 0.3) is 0 Å². The number of ether oxygens (including phenoxy) is 1. The van der Waals surface area contributed by atoms with E-state index in [1.165, 1.54) is 19.2 Å². The van der Waals surface area contributed by atoms with E-state index in [0.717, 1.165) is 0 Å².